The Morgan fingerprint density at radius 3 is 2.37 bits per heavy atom. The number of nitrogens with zero attached hydrogens (tertiary/aromatic N) is 3. The summed E-state index contributed by atoms with van der Waals surface area (Å²) in [6.07, 6.45) is 5.07. The third-order valence-electron chi connectivity index (χ3n) is 3.07. The molecule has 1 aromatic heterocycles. The Morgan fingerprint density at radius 1 is 1.32 bits per heavy atom. The number of anilines is 1. The molecule has 0 fully saturated rings. The molecule has 0 aliphatic heterocycles. The molecule has 6 nitrogen and oxygen atoms in total. The maximum Gasteiger partial charge on any atom is 0.246 e. The highest BCUT2D eigenvalue weighted by molar-refractivity contribution is 7.89. The summed E-state index contributed by atoms with van der Waals surface area (Å²) in [5, 5.41) is 0. The van der Waals surface area contributed by atoms with Gasteiger partial charge in [-0.05, 0) is 19.8 Å². The number of hydrogen-bond acceptors (Lipinski definition) is 5. The van der Waals surface area contributed by atoms with Crippen LogP contribution in [0.15, 0.2) is 17.3 Å². The highest BCUT2D eigenvalue weighted by Crippen LogP contribution is 2.19. The third-order valence-corrected chi connectivity index (χ3v) is 5.04. The summed E-state index contributed by atoms with van der Waals surface area (Å²) < 4.78 is 26.6. The molecule has 0 aliphatic rings. The molecule has 2 N–H and O–H groups in total. The average molecular weight is 286 g/mol. The predicted molar refractivity (Wildman–Crippen MR) is 75.0 cm³/mol. The van der Waals surface area contributed by atoms with Crippen molar-refractivity contribution in [2.24, 2.45) is 0 Å². The first kappa shape index (κ1) is 15.8. The summed E-state index contributed by atoms with van der Waals surface area (Å²) in [7, 11) is -3.55. The molecule has 0 saturated heterocycles. The monoisotopic (exact) mass is 286 g/mol. The normalized spacial score (nSPS) is 13.7. The minimum absolute atomic E-state index is 0.0471. The van der Waals surface area contributed by atoms with Crippen molar-refractivity contribution in [3.8, 4) is 0 Å². The van der Waals surface area contributed by atoms with Gasteiger partial charge in [0.1, 0.15) is 4.90 Å². The molecule has 1 atom stereocenters. The van der Waals surface area contributed by atoms with Crippen molar-refractivity contribution in [1.82, 2.24) is 14.3 Å². The second-order valence-corrected chi connectivity index (χ2v) is 6.39. The highest BCUT2D eigenvalue weighted by Gasteiger charge is 2.28. The molecule has 0 amide bonds. The Balaban J connectivity index is 3.07. The lowest BCUT2D eigenvalue weighted by Gasteiger charge is -2.27. The lowest BCUT2D eigenvalue weighted by Crippen LogP contribution is -2.39. The van der Waals surface area contributed by atoms with Crippen LogP contribution < -0.4 is 5.73 Å². The van der Waals surface area contributed by atoms with E-state index in [1.807, 2.05) is 20.8 Å². The smallest absolute Gasteiger partial charge is 0.246 e. The van der Waals surface area contributed by atoms with Gasteiger partial charge < -0.3 is 5.73 Å². The second-order valence-electron chi connectivity index (χ2n) is 4.50. The summed E-state index contributed by atoms with van der Waals surface area (Å²) in [4.78, 5) is 7.60. The summed E-state index contributed by atoms with van der Waals surface area (Å²) >= 11 is 0. The predicted octanol–water partition coefficient (Wildman–Crippen LogP) is 1.65. The van der Waals surface area contributed by atoms with Gasteiger partial charge >= 0.3 is 0 Å². The van der Waals surface area contributed by atoms with Gasteiger partial charge in [0.05, 0.1) is 12.4 Å². The Hall–Kier alpha value is -1.21. The van der Waals surface area contributed by atoms with E-state index in [2.05, 4.69) is 9.97 Å². The van der Waals surface area contributed by atoms with E-state index in [-0.39, 0.29) is 16.9 Å². The first-order valence-corrected chi connectivity index (χ1v) is 7.96. The molecule has 19 heavy (non-hydrogen) atoms. The molecule has 7 heteroatoms. The van der Waals surface area contributed by atoms with Crippen LogP contribution in [0.1, 0.15) is 40.0 Å². The Kier molecular flexibility index (Phi) is 5.68. The van der Waals surface area contributed by atoms with E-state index >= 15 is 0 Å². The lowest BCUT2D eigenvalue weighted by molar-refractivity contribution is 0.324. The van der Waals surface area contributed by atoms with Gasteiger partial charge in [-0.15, -0.1) is 0 Å². The molecule has 0 spiro atoms. The van der Waals surface area contributed by atoms with Crippen molar-refractivity contribution in [2.45, 2.75) is 51.0 Å². The molecule has 0 bridgehead atoms. The van der Waals surface area contributed by atoms with E-state index in [9.17, 15) is 8.42 Å². The number of aromatic nitrogens is 2. The second kappa shape index (κ2) is 6.81. The molecule has 0 aromatic carbocycles. The Morgan fingerprint density at radius 2 is 1.89 bits per heavy atom. The van der Waals surface area contributed by atoms with E-state index in [1.54, 1.807) is 0 Å². The van der Waals surface area contributed by atoms with Crippen LogP contribution in [0.4, 0.5) is 5.95 Å². The van der Waals surface area contributed by atoms with Crippen LogP contribution in [-0.4, -0.2) is 35.3 Å². The molecule has 0 aliphatic carbocycles. The van der Waals surface area contributed by atoms with E-state index < -0.39 is 10.0 Å². The zero-order valence-electron chi connectivity index (χ0n) is 11.7. The zero-order chi connectivity index (χ0) is 14.5. The van der Waals surface area contributed by atoms with Gasteiger partial charge in [0.15, 0.2) is 0 Å². The molecular weight excluding hydrogens is 264 g/mol. The largest absolute Gasteiger partial charge is 0.368 e. The topological polar surface area (TPSA) is 89.2 Å². The van der Waals surface area contributed by atoms with Crippen molar-refractivity contribution in [2.75, 3.05) is 12.3 Å². The van der Waals surface area contributed by atoms with Crippen LogP contribution in [0.5, 0.6) is 0 Å². The fourth-order valence-corrected chi connectivity index (χ4v) is 3.32. The van der Waals surface area contributed by atoms with Crippen LogP contribution in [-0.2, 0) is 10.0 Å². The van der Waals surface area contributed by atoms with Gasteiger partial charge in [-0.25, -0.2) is 18.4 Å². The van der Waals surface area contributed by atoms with Gasteiger partial charge in [0, 0.05) is 12.6 Å². The van der Waals surface area contributed by atoms with Gasteiger partial charge in [-0.2, -0.15) is 4.31 Å². The standard InChI is InChI=1S/C12H22N4O2S/c1-4-6-7-16(10(3)5-2)19(17,18)11-8-14-12(13)15-9-11/h8-10H,4-7H2,1-3H3,(H2,13,14,15). The molecule has 108 valence electrons. The first-order chi connectivity index (χ1) is 8.93. The van der Waals surface area contributed by atoms with Crippen LogP contribution in [0.25, 0.3) is 0 Å². The van der Waals surface area contributed by atoms with E-state index in [0.29, 0.717) is 6.54 Å². The molecule has 1 heterocycles. The summed E-state index contributed by atoms with van der Waals surface area (Å²) in [5.41, 5.74) is 5.38. The first-order valence-electron chi connectivity index (χ1n) is 6.52. The number of sulfonamides is 1. The van der Waals surface area contributed by atoms with Crippen molar-refractivity contribution in [3.05, 3.63) is 12.4 Å². The van der Waals surface area contributed by atoms with Crippen molar-refractivity contribution < 1.29 is 8.42 Å². The maximum absolute atomic E-state index is 12.6. The van der Waals surface area contributed by atoms with Gasteiger partial charge in [-0.3, -0.25) is 0 Å². The molecule has 0 radical (unpaired) electrons. The quantitative estimate of drug-likeness (QED) is 0.823. The molecule has 1 rings (SSSR count). The van der Waals surface area contributed by atoms with Crippen LogP contribution in [0, 0.1) is 0 Å². The number of rotatable bonds is 7. The van der Waals surface area contributed by atoms with E-state index in [0.717, 1.165) is 19.3 Å². The minimum Gasteiger partial charge on any atom is -0.368 e. The van der Waals surface area contributed by atoms with Crippen LogP contribution >= 0.6 is 0 Å². The fourth-order valence-electron chi connectivity index (χ4n) is 1.69. The van der Waals surface area contributed by atoms with Gasteiger partial charge in [0.25, 0.3) is 0 Å². The maximum atomic E-state index is 12.6. The summed E-state index contributed by atoms with van der Waals surface area (Å²) in [6.45, 7) is 6.43. The van der Waals surface area contributed by atoms with E-state index in [1.165, 1.54) is 16.7 Å². The van der Waals surface area contributed by atoms with Crippen molar-refractivity contribution in [3.63, 3.8) is 0 Å². The summed E-state index contributed by atoms with van der Waals surface area (Å²) in [6, 6.07) is -0.0471. The van der Waals surface area contributed by atoms with Gasteiger partial charge in [-0.1, -0.05) is 20.3 Å². The SMILES string of the molecule is CCCCN(C(C)CC)S(=O)(=O)c1cnc(N)nc1. The van der Waals surface area contributed by atoms with Gasteiger partial charge in [0.2, 0.25) is 16.0 Å². The van der Waals surface area contributed by atoms with Crippen molar-refractivity contribution in [1.29, 1.82) is 0 Å². The van der Waals surface area contributed by atoms with Crippen LogP contribution in [0.3, 0.4) is 0 Å². The number of unbranched alkanes of at least 4 members (excludes halogenated alkanes) is 1. The summed E-state index contributed by atoms with van der Waals surface area (Å²) in [5.74, 6) is 0.0719. The molecule has 0 saturated carbocycles. The minimum atomic E-state index is -3.55. The lowest BCUT2D eigenvalue weighted by atomic mass is 10.2. The highest BCUT2D eigenvalue weighted by atomic mass is 32.2. The fraction of sp³-hybridized carbons (Fsp3) is 0.667. The Bertz CT molecular complexity index is 487. The van der Waals surface area contributed by atoms with Crippen molar-refractivity contribution >= 4 is 16.0 Å². The number of hydrogen-bond donors (Lipinski definition) is 1. The number of nitrogen functional groups attached to an aromatic ring is 1. The third kappa shape index (κ3) is 3.87. The zero-order valence-corrected chi connectivity index (χ0v) is 12.5. The van der Waals surface area contributed by atoms with E-state index in [4.69, 9.17) is 5.73 Å². The van der Waals surface area contributed by atoms with Crippen LogP contribution in [0.2, 0.25) is 0 Å². The molecule has 1 unspecified atom stereocenters. The Labute approximate surface area is 115 Å². The molecule has 1 aromatic rings. The average Bonchev–Trinajstić information content (AvgIpc) is 2.39. The molecular formula is C12H22N4O2S. The number of nitrogens with two attached hydrogens (primary N) is 1.